The van der Waals surface area contributed by atoms with Gasteiger partial charge in [-0.3, -0.25) is 0 Å². The summed E-state index contributed by atoms with van der Waals surface area (Å²) < 4.78 is 17.6. The molecule has 1 aliphatic heterocycles. The number of hydrogen-bond donors (Lipinski definition) is 0. The number of pyridine rings is 1. The van der Waals surface area contributed by atoms with Crippen LogP contribution < -0.4 is 14.2 Å². The van der Waals surface area contributed by atoms with Crippen molar-refractivity contribution in [1.82, 2.24) is 4.98 Å². The van der Waals surface area contributed by atoms with Crippen LogP contribution in [0.5, 0.6) is 23.1 Å². The third kappa shape index (κ3) is 2.97. The molecule has 4 rings (SSSR count). The quantitative estimate of drug-likeness (QED) is 0.719. The van der Waals surface area contributed by atoms with E-state index < -0.39 is 0 Å². The predicted molar refractivity (Wildman–Crippen MR) is 86.1 cm³/mol. The number of rotatable bonds is 3. The van der Waals surface area contributed by atoms with E-state index >= 15 is 0 Å². The van der Waals surface area contributed by atoms with Crippen molar-refractivity contribution in [2.24, 2.45) is 0 Å². The van der Waals surface area contributed by atoms with Crippen LogP contribution >= 0.6 is 0 Å². The van der Waals surface area contributed by atoms with Gasteiger partial charge in [-0.15, -0.1) is 0 Å². The van der Waals surface area contributed by atoms with Gasteiger partial charge < -0.3 is 14.2 Å². The first-order chi connectivity index (χ1) is 11.4. The Labute approximate surface area is 134 Å². The van der Waals surface area contributed by atoms with Crippen LogP contribution in [0.4, 0.5) is 0 Å². The first kappa shape index (κ1) is 13.6. The lowest BCUT2D eigenvalue weighted by Crippen LogP contribution is -2.21. The summed E-state index contributed by atoms with van der Waals surface area (Å²) in [6, 6.07) is 21.1. The minimum atomic E-state index is -0.0914. The fourth-order valence-corrected chi connectivity index (χ4v) is 2.47. The fourth-order valence-electron chi connectivity index (χ4n) is 2.47. The molecule has 0 radical (unpaired) electrons. The summed E-state index contributed by atoms with van der Waals surface area (Å²) in [5.74, 6) is 2.62. The molecule has 0 N–H and O–H groups in total. The second-order valence-electron chi connectivity index (χ2n) is 5.21. The molecule has 2 aromatic carbocycles. The molecule has 4 nitrogen and oxygen atoms in total. The molecule has 0 saturated heterocycles. The van der Waals surface area contributed by atoms with E-state index in [1.807, 2.05) is 66.7 Å². The standard InChI is InChI=1S/C19H15NO3/c1-2-6-14(7-3-1)18-13-21-17-12-15(9-10-16(17)23-18)22-19-8-4-5-11-20-19/h1-12,18H,13H2. The molecule has 1 aliphatic rings. The Morgan fingerprint density at radius 3 is 2.61 bits per heavy atom. The average molecular weight is 305 g/mol. The van der Waals surface area contributed by atoms with Gasteiger partial charge in [0.05, 0.1) is 0 Å². The van der Waals surface area contributed by atoms with E-state index in [1.165, 1.54) is 0 Å². The van der Waals surface area contributed by atoms with Crippen molar-refractivity contribution < 1.29 is 14.2 Å². The van der Waals surface area contributed by atoms with Crippen molar-refractivity contribution in [3.05, 3.63) is 78.5 Å². The summed E-state index contributed by atoms with van der Waals surface area (Å²) in [6.45, 7) is 0.476. The van der Waals surface area contributed by atoms with Crippen molar-refractivity contribution in [2.45, 2.75) is 6.10 Å². The Bertz CT molecular complexity index is 790. The predicted octanol–water partition coefficient (Wildman–Crippen LogP) is 4.39. The lowest BCUT2D eigenvalue weighted by atomic mass is 10.1. The first-order valence-electron chi connectivity index (χ1n) is 7.46. The maximum absolute atomic E-state index is 6.03. The molecule has 23 heavy (non-hydrogen) atoms. The lowest BCUT2D eigenvalue weighted by Gasteiger charge is -2.27. The average Bonchev–Trinajstić information content (AvgIpc) is 2.63. The molecule has 1 unspecified atom stereocenters. The number of nitrogens with zero attached hydrogens (tertiary/aromatic N) is 1. The maximum Gasteiger partial charge on any atom is 0.219 e. The van der Waals surface area contributed by atoms with Crippen LogP contribution in [-0.4, -0.2) is 11.6 Å². The van der Waals surface area contributed by atoms with E-state index in [9.17, 15) is 0 Å². The Morgan fingerprint density at radius 1 is 0.913 bits per heavy atom. The van der Waals surface area contributed by atoms with Crippen LogP contribution in [0.2, 0.25) is 0 Å². The molecule has 0 spiro atoms. The van der Waals surface area contributed by atoms with Crippen LogP contribution in [0.15, 0.2) is 72.9 Å². The molecular weight excluding hydrogens is 290 g/mol. The molecule has 3 aromatic rings. The Kier molecular flexibility index (Phi) is 3.56. The monoisotopic (exact) mass is 305 g/mol. The van der Waals surface area contributed by atoms with Crippen LogP contribution in [0.3, 0.4) is 0 Å². The van der Waals surface area contributed by atoms with E-state index in [1.54, 1.807) is 6.20 Å². The zero-order chi connectivity index (χ0) is 15.5. The third-order valence-corrected chi connectivity index (χ3v) is 3.61. The van der Waals surface area contributed by atoms with Crippen molar-refractivity contribution in [2.75, 3.05) is 6.61 Å². The Hall–Kier alpha value is -3.01. The van der Waals surface area contributed by atoms with Gasteiger partial charge in [0, 0.05) is 18.3 Å². The van der Waals surface area contributed by atoms with Gasteiger partial charge in [-0.2, -0.15) is 0 Å². The summed E-state index contributed by atoms with van der Waals surface area (Å²) in [7, 11) is 0. The molecule has 0 amide bonds. The van der Waals surface area contributed by atoms with E-state index in [4.69, 9.17) is 14.2 Å². The van der Waals surface area contributed by atoms with E-state index in [0.29, 0.717) is 24.0 Å². The molecular formula is C19H15NO3. The second-order valence-corrected chi connectivity index (χ2v) is 5.21. The summed E-state index contributed by atoms with van der Waals surface area (Å²) in [6.07, 6.45) is 1.60. The van der Waals surface area contributed by atoms with Gasteiger partial charge in [0.15, 0.2) is 17.6 Å². The molecule has 4 heteroatoms. The van der Waals surface area contributed by atoms with Gasteiger partial charge >= 0.3 is 0 Å². The topological polar surface area (TPSA) is 40.6 Å². The minimum Gasteiger partial charge on any atom is -0.485 e. The van der Waals surface area contributed by atoms with Crippen LogP contribution in [-0.2, 0) is 0 Å². The van der Waals surface area contributed by atoms with E-state index in [2.05, 4.69) is 4.98 Å². The van der Waals surface area contributed by atoms with Crippen molar-refractivity contribution in [1.29, 1.82) is 0 Å². The molecule has 114 valence electrons. The van der Waals surface area contributed by atoms with Gasteiger partial charge in [0.1, 0.15) is 12.4 Å². The van der Waals surface area contributed by atoms with Gasteiger partial charge in [-0.25, -0.2) is 4.98 Å². The maximum atomic E-state index is 6.03. The van der Waals surface area contributed by atoms with E-state index in [-0.39, 0.29) is 6.10 Å². The summed E-state index contributed by atoms with van der Waals surface area (Å²) in [4.78, 5) is 4.14. The number of fused-ring (bicyclic) bond motifs is 1. The smallest absolute Gasteiger partial charge is 0.219 e. The van der Waals surface area contributed by atoms with Crippen molar-refractivity contribution in [3.63, 3.8) is 0 Å². The SMILES string of the molecule is c1ccc(C2COc3cc(Oc4ccccn4)ccc3O2)cc1. The number of ether oxygens (including phenoxy) is 3. The molecule has 1 atom stereocenters. The molecule has 0 saturated carbocycles. The molecule has 2 heterocycles. The molecule has 1 aromatic heterocycles. The normalized spacial score (nSPS) is 15.9. The first-order valence-corrected chi connectivity index (χ1v) is 7.46. The van der Waals surface area contributed by atoms with Crippen molar-refractivity contribution >= 4 is 0 Å². The minimum absolute atomic E-state index is 0.0914. The number of hydrogen-bond acceptors (Lipinski definition) is 4. The van der Waals surface area contributed by atoms with Crippen LogP contribution in [0.25, 0.3) is 0 Å². The van der Waals surface area contributed by atoms with Gasteiger partial charge in [0.2, 0.25) is 5.88 Å². The highest BCUT2D eigenvalue weighted by Gasteiger charge is 2.22. The lowest BCUT2D eigenvalue weighted by molar-refractivity contribution is 0.0910. The number of aromatic nitrogens is 1. The Morgan fingerprint density at radius 2 is 1.78 bits per heavy atom. The van der Waals surface area contributed by atoms with Gasteiger partial charge in [0.25, 0.3) is 0 Å². The molecule has 0 aliphatic carbocycles. The molecule has 0 fully saturated rings. The highest BCUT2D eigenvalue weighted by Crippen LogP contribution is 2.39. The summed E-state index contributed by atoms with van der Waals surface area (Å²) >= 11 is 0. The highest BCUT2D eigenvalue weighted by atomic mass is 16.6. The van der Waals surface area contributed by atoms with Crippen LogP contribution in [0, 0.1) is 0 Å². The van der Waals surface area contributed by atoms with E-state index in [0.717, 1.165) is 11.3 Å². The highest BCUT2D eigenvalue weighted by molar-refractivity contribution is 5.47. The van der Waals surface area contributed by atoms with Gasteiger partial charge in [-0.1, -0.05) is 36.4 Å². The molecule has 0 bridgehead atoms. The third-order valence-electron chi connectivity index (χ3n) is 3.61. The Balaban J connectivity index is 1.53. The second kappa shape index (κ2) is 6.01. The summed E-state index contributed by atoms with van der Waals surface area (Å²) in [5.41, 5.74) is 1.10. The zero-order valence-corrected chi connectivity index (χ0v) is 12.4. The van der Waals surface area contributed by atoms with Crippen molar-refractivity contribution in [3.8, 4) is 23.1 Å². The fraction of sp³-hybridized carbons (Fsp3) is 0.105. The largest absolute Gasteiger partial charge is 0.485 e. The van der Waals surface area contributed by atoms with Crippen LogP contribution in [0.1, 0.15) is 11.7 Å². The van der Waals surface area contributed by atoms with Gasteiger partial charge in [-0.05, 0) is 23.8 Å². The zero-order valence-electron chi connectivity index (χ0n) is 12.4. The summed E-state index contributed by atoms with van der Waals surface area (Å²) in [5, 5.41) is 0. The number of benzene rings is 2.